The Morgan fingerprint density at radius 3 is 2.64 bits per heavy atom. The van der Waals surface area contributed by atoms with Crippen LogP contribution in [0, 0.1) is 6.92 Å². The second kappa shape index (κ2) is 3.91. The number of aromatic hydroxyl groups is 1. The van der Waals surface area contributed by atoms with Crippen LogP contribution in [0.4, 0.5) is 0 Å². The molecule has 0 aromatic heterocycles. The molecular weight excluding hydrogens is 184 g/mol. The molecule has 1 N–H and O–H groups in total. The van der Waals surface area contributed by atoms with Crippen LogP contribution in [0.3, 0.4) is 0 Å². The number of phenolic OH excluding ortho intramolecular Hbond substituents is 1. The van der Waals surface area contributed by atoms with Gasteiger partial charge >= 0.3 is 5.97 Å². The zero-order valence-electron chi connectivity index (χ0n) is 7.90. The lowest BCUT2D eigenvalue weighted by atomic mass is 10.1. The Hall–Kier alpha value is -1.84. The molecule has 1 rings (SSSR count). The molecule has 0 amide bonds. The summed E-state index contributed by atoms with van der Waals surface area (Å²) in [6.45, 7) is 2.90. The van der Waals surface area contributed by atoms with Crippen molar-refractivity contribution in [2.45, 2.75) is 13.8 Å². The Balaban J connectivity index is 3.24. The van der Waals surface area contributed by atoms with Gasteiger partial charge in [0.15, 0.2) is 17.8 Å². The molecule has 0 atom stereocenters. The van der Waals surface area contributed by atoms with Crippen LogP contribution in [0.25, 0.3) is 0 Å². The Labute approximate surface area is 81.1 Å². The van der Waals surface area contributed by atoms with E-state index < -0.39 is 5.97 Å². The maximum atomic E-state index is 10.7. The molecule has 0 radical (unpaired) electrons. The van der Waals surface area contributed by atoms with Gasteiger partial charge in [-0.25, -0.2) is 0 Å². The van der Waals surface area contributed by atoms with Crippen molar-refractivity contribution in [3.05, 3.63) is 23.3 Å². The van der Waals surface area contributed by atoms with Crippen molar-refractivity contribution in [1.82, 2.24) is 0 Å². The van der Waals surface area contributed by atoms with Gasteiger partial charge in [-0.1, -0.05) is 6.07 Å². The highest BCUT2D eigenvalue weighted by atomic mass is 16.5. The fourth-order valence-electron chi connectivity index (χ4n) is 1.05. The lowest BCUT2D eigenvalue weighted by Crippen LogP contribution is -2.03. The quantitative estimate of drug-likeness (QED) is 0.439. The van der Waals surface area contributed by atoms with Gasteiger partial charge in [-0.15, -0.1) is 0 Å². The molecule has 0 spiro atoms. The normalized spacial score (nSPS) is 9.57. The first kappa shape index (κ1) is 10.2. The molecule has 0 fully saturated rings. The number of hydrogen-bond acceptors (Lipinski definition) is 4. The highest BCUT2D eigenvalue weighted by Crippen LogP contribution is 2.32. The molecule has 1 aromatic carbocycles. The third kappa shape index (κ3) is 1.90. The number of rotatable bonds is 2. The van der Waals surface area contributed by atoms with Crippen molar-refractivity contribution >= 4 is 12.3 Å². The standard InChI is InChI=1S/C10H10O4/c1-6-3-4-8(5-11)9(13)10(6)14-7(2)12/h3-5,13H,1-2H3. The van der Waals surface area contributed by atoms with Crippen molar-refractivity contribution in [2.75, 3.05) is 0 Å². The number of hydrogen-bond donors (Lipinski definition) is 1. The van der Waals surface area contributed by atoms with Gasteiger partial charge < -0.3 is 9.84 Å². The molecule has 4 heteroatoms. The van der Waals surface area contributed by atoms with Gasteiger partial charge in [-0.05, 0) is 18.6 Å². The lowest BCUT2D eigenvalue weighted by Gasteiger charge is -2.08. The second-order valence-electron chi connectivity index (χ2n) is 2.86. The third-order valence-corrected chi connectivity index (χ3v) is 1.73. The first-order chi connectivity index (χ1) is 6.56. The fraction of sp³-hybridized carbons (Fsp3) is 0.200. The number of carbonyl (C=O) groups is 2. The molecule has 4 nitrogen and oxygen atoms in total. The zero-order valence-corrected chi connectivity index (χ0v) is 7.90. The lowest BCUT2D eigenvalue weighted by molar-refractivity contribution is -0.132. The predicted molar refractivity (Wildman–Crippen MR) is 49.5 cm³/mol. The topological polar surface area (TPSA) is 63.6 Å². The molecule has 0 aliphatic rings. The first-order valence-electron chi connectivity index (χ1n) is 4.02. The predicted octanol–water partition coefficient (Wildman–Crippen LogP) is 1.44. The molecule has 0 unspecified atom stereocenters. The maximum Gasteiger partial charge on any atom is 0.308 e. The van der Waals surface area contributed by atoms with Crippen LogP contribution in [-0.2, 0) is 4.79 Å². The summed E-state index contributed by atoms with van der Waals surface area (Å²) in [5.41, 5.74) is 0.704. The monoisotopic (exact) mass is 194 g/mol. The van der Waals surface area contributed by atoms with Gasteiger partial charge in [-0.3, -0.25) is 9.59 Å². The number of benzene rings is 1. The fourth-order valence-corrected chi connectivity index (χ4v) is 1.05. The minimum atomic E-state index is -0.536. The van der Waals surface area contributed by atoms with Crippen molar-refractivity contribution in [3.63, 3.8) is 0 Å². The Morgan fingerprint density at radius 1 is 1.50 bits per heavy atom. The minimum absolute atomic E-state index is 0.0436. The van der Waals surface area contributed by atoms with Crippen LogP contribution >= 0.6 is 0 Å². The molecule has 14 heavy (non-hydrogen) atoms. The minimum Gasteiger partial charge on any atom is -0.504 e. The van der Waals surface area contributed by atoms with Gasteiger partial charge in [0.25, 0.3) is 0 Å². The number of ether oxygens (including phenoxy) is 1. The molecule has 0 aliphatic heterocycles. The van der Waals surface area contributed by atoms with Gasteiger partial charge in [0.05, 0.1) is 5.56 Å². The van der Waals surface area contributed by atoms with E-state index in [0.29, 0.717) is 11.8 Å². The number of esters is 1. The van der Waals surface area contributed by atoms with E-state index in [-0.39, 0.29) is 17.1 Å². The van der Waals surface area contributed by atoms with E-state index in [1.54, 1.807) is 13.0 Å². The number of carbonyl (C=O) groups excluding carboxylic acids is 2. The van der Waals surface area contributed by atoms with Gasteiger partial charge in [0, 0.05) is 6.92 Å². The van der Waals surface area contributed by atoms with E-state index in [1.165, 1.54) is 13.0 Å². The summed E-state index contributed by atoms with van der Waals surface area (Å²) >= 11 is 0. The Morgan fingerprint density at radius 2 is 2.14 bits per heavy atom. The maximum absolute atomic E-state index is 10.7. The van der Waals surface area contributed by atoms with Crippen LogP contribution in [0.2, 0.25) is 0 Å². The summed E-state index contributed by atoms with van der Waals surface area (Å²) in [6, 6.07) is 3.06. The van der Waals surface area contributed by atoms with Crippen molar-refractivity contribution in [1.29, 1.82) is 0 Å². The highest BCUT2D eigenvalue weighted by Gasteiger charge is 2.12. The van der Waals surface area contributed by atoms with Crippen molar-refractivity contribution < 1.29 is 19.4 Å². The molecule has 74 valence electrons. The van der Waals surface area contributed by atoms with Crippen LogP contribution in [-0.4, -0.2) is 17.4 Å². The van der Waals surface area contributed by atoms with E-state index in [1.807, 2.05) is 0 Å². The van der Waals surface area contributed by atoms with Crippen LogP contribution in [0.15, 0.2) is 12.1 Å². The average molecular weight is 194 g/mol. The van der Waals surface area contributed by atoms with E-state index in [2.05, 4.69) is 0 Å². The Kier molecular flexibility index (Phi) is 2.86. The zero-order chi connectivity index (χ0) is 10.7. The average Bonchev–Trinajstić information content (AvgIpc) is 2.12. The van der Waals surface area contributed by atoms with Crippen molar-refractivity contribution in [3.8, 4) is 11.5 Å². The molecular formula is C10H10O4. The van der Waals surface area contributed by atoms with E-state index in [9.17, 15) is 14.7 Å². The van der Waals surface area contributed by atoms with Gasteiger partial charge in [-0.2, -0.15) is 0 Å². The molecule has 0 bridgehead atoms. The molecule has 1 aromatic rings. The summed E-state index contributed by atoms with van der Waals surface area (Å²) in [4.78, 5) is 21.2. The second-order valence-corrected chi connectivity index (χ2v) is 2.86. The molecule has 0 saturated carbocycles. The van der Waals surface area contributed by atoms with Crippen LogP contribution in [0.5, 0.6) is 11.5 Å². The van der Waals surface area contributed by atoms with Crippen LogP contribution in [0.1, 0.15) is 22.8 Å². The SMILES string of the molecule is CC(=O)Oc1c(C)ccc(C=O)c1O. The summed E-state index contributed by atoms with van der Waals surface area (Å²) in [5, 5.41) is 9.51. The molecule has 0 saturated heterocycles. The summed E-state index contributed by atoms with van der Waals surface area (Å²) in [7, 11) is 0. The van der Waals surface area contributed by atoms with Gasteiger partial charge in [0.2, 0.25) is 0 Å². The third-order valence-electron chi connectivity index (χ3n) is 1.73. The van der Waals surface area contributed by atoms with E-state index in [0.717, 1.165) is 0 Å². The smallest absolute Gasteiger partial charge is 0.308 e. The summed E-state index contributed by atoms with van der Waals surface area (Å²) < 4.78 is 4.77. The largest absolute Gasteiger partial charge is 0.504 e. The van der Waals surface area contributed by atoms with Crippen LogP contribution < -0.4 is 4.74 Å². The molecule has 0 aliphatic carbocycles. The van der Waals surface area contributed by atoms with Gasteiger partial charge in [0.1, 0.15) is 0 Å². The van der Waals surface area contributed by atoms with Crippen molar-refractivity contribution in [2.24, 2.45) is 0 Å². The summed E-state index contributed by atoms with van der Waals surface area (Å²) in [6.07, 6.45) is 0.502. The number of phenols is 1. The number of aldehydes is 1. The van der Waals surface area contributed by atoms with E-state index >= 15 is 0 Å². The Bertz CT molecular complexity index is 382. The van der Waals surface area contributed by atoms with E-state index in [4.69, 9.17) is 4.74 Å². The molecule has 0 heterocycles. The summed E-state index contributed by atoms with van der Waals surface area (Å²) in [5.74, 6) is -0.788. The number of aryl methyl sites for hydroxylation is 1. The highest BCUT2D eigenvalue weighted by molar-refractivity contribution is 5.82. The first-order valence-corrected chi connectivity index (χ1v) is 4.02.